The van der Waals surface area contributed by atoms with Crippen LogP contribution in [0.25, 0.3) is 11.5 Å². The average molecular weight is 276 g/mol. The van der Waals surface area contributed by atoms with Gasteiger partial charge in [0, 0.05) is 24.2 Å². The van der Waals surface area contributed by atoms with Crippen LogP contribution in [0.4, 0.5) is 11.4 Å². The van der Waals surface area contributed by atoms with Crippen LogP contribution in [0.3, 0.4) is 0 Å². The van der Waals surface area contributed by atoms with E-state index >= 15 is 0 Å². The van der Waals surface area contributed by atoms with Crippen molar-refractivity contribution in [3.8, 4) is 11.5 Å². The Bertz CT molecular complexity index is 643. The molecule has 0 aliphatic carbocycles. The second-order valence-corrected chi connectivity index (χ2v) is 5.78. The van der Waals surface area contributed by atoms with Gasteiger partial charge in [0.2, 0.25) is 0 Å². The van der Waals surface area contributed by atoms with Gasteiger partial charge in [0.25, 0.3) is 11.6 Å². The molecular weight excluding hydrogens is 260 g/mol. The molecule has 106 valence electrons. The number of hydrogen-bond donors (Lipinski definition) is 1. The molecule has 0 amide bonds. The fourth-order valence-electron chi connectivity index (χ4n) is 1.75. The van der Waals surface area contributed by atoms with Crippen LogP contribution in [-0.2, 0) is 6.42 Å². The second kappa shape index (κ2) is 4.92. The van der Waals surface area contributed by atoms with E-state index in [0.717, 1.165) is 0 Å². The van der Waals surface area contributed by atoms with Crippen LogP contribution < -0.4 is 5.73 Å². The van der Waals surface area contributed by atoms with Crippen molar-refractivity contribution >= 4 is 11.4 Å². The fraction of sp³-hybridized carbons (Fsp3) is 0.385. The number of nitrogen functional groups attached to an aromatic ring is 1. The highest BCUT2D eigenvalue weighted by atomic mass is 16.6. The van der Waals surface area contributed by atoms with E-state index in [9.17, 15) is 10.1 Å². The van der Waals surface area contributed by atoms with Gasteiger partial charge in [-0.3, -0.25) is 10.1 Å². The van der Waals surface area contributed by atoms with Crippen LogP contribution in [0.15, 0.2) is 22.7 Å². The standard InChI is InChI=1S/C13H16N4O3/c1-13(2,3)7-11-15-12(20-16-11)9-6-8(17(18)19)4-5-10(9)14/h4-6H,7,14H2,1-3H3. The first-order chi connectivity index (χ1) is 9.26. The van der Waals surface area contributed by atoms with Crippen LogP contribution in [-0.4, -0.2) is 15.1 Å². The highest BCUT2D eigenvalue weighted by molar-refractivity contribution is 5.73. The molecule has 2 rings (SSSR count). The molecule has 0 fully saturated rings. The molecule has 20 heavy (non-hydrogen) atoms. The number of non-ortho nitro benzene ring substituents is 1. The summed E-state index contributed by atoms with van der Waals surface area (Å²) >= 11 is 0. The quantitative estimate of drug-likeness (QED) is 0.524. The number of hydrogen-bond acceptors (Lipinski definition) is 6. The normalized spacial score (nSPS) is 11.6. The second-order valence-electron chi connectivity index (χ2n) is 5.78. The lowest BCUT2D eigenvalue weighted by atomic mass is 9.92. The lowest BCUT2D eigenvalue weighted by Crippen LogP contribution is -2.10. The summed E-state index contributed by atoms with van der Waals surface area (Å²) in [6.45, 7) is 6.18. The van der Waals surface area contributed by atoms with E-state index in [1.54, 1.807) is 0 Å². The molecule has 0 saturated heterocycles. The zero-order valence-electron chi connectivity index (χ0n) is 11.6. The van der Waals surface area contributed by atoms with Crippen molar-refractivity contribution in [2.45, 2.75) is 27.2 Å². The lowest BCUT2D eigenvalue weighted by Gasteiger charge is -2.14. The SMILES string of the molecule is CC(C)(C)Cc1noc(-c2cc([N+](=O)[O-])ccc2N)n1. The van der Waals surface area contributed by atoms with Crippen LogP contribution >= 0.6 is 0 Å². The van der Waals surface area contributed by atoms with Gasteiger partial charge < -0.3 is 10.3 Å². The molecule has 0 unspecified atom stereocenters. The minimum absolute atomic E-state index is 0.0232. The first kappa shape index (κ1) is 14.0. The van der Waals surface area contributed by atoms with Crippen LogP contribution in [0.5, 0.6) is 0 Å². The van der Waals surface area contributed by atoms with Gasteiger partial charge in [0.1, 0.15) is 0 Å². The molecule has 1 aromatic carbocycles. The van der Waals surface area contributed by atoms with Crippen molar-refractivity contribution in [1.29, 1.82) is 0 Å². The predicted molar refractivity (Wildman–Crippen MR) is 74.0 cm³/mol. The molecule has 2 N–H and O–H groups in total. The number of nitro benzene ring substituents is 1. The molecule has 0 aliphatic rings. The van der Waals surface area contributed by atoms with Crippen molar-refractivity contribution in [1.82, 2.24) is 10.1 Å². The average Bonchev–Trinajstić information content (AvgIpc) is 2.75. The maximum Gasteiger partial charge on any atom is 0.270 e. The molecule has 1 aromatic heterocycles. The predicted octanol–water partition coefficient (Wildman–Crippen LogP) is 2.82. The summed E-state index contributed by atoms with van der Waals surface area (Å²) in [5, 5.41) is 14.7. The third-order valence-electron chi connectivity index (χ3n) is 2.63. The Labute approximate surface area is 115 Å². The third-order valence-corrected chi connectivity index (χ3v) is 2.63. The smallest absolute Gasteiger partial charge is 0.270 e. The number of benzene rings is 1. The van der Waals surface area contributed by atoms with Crippen LogP contribution in [0.2, 0.25) is 0 Å². The zero-order valence-corrected chi connectivity index (χ0v) is 11.6. The van der Waals surface area contributed by atoms with Crippen LogP contribution in [0, 0.1) is 15.5 Å². The van der Waals surface area contributed by atoms with Crippen molar-refractivity contribution in [2.75, 3.05) is 5.73 Å². The summed E-state index contributed by atoms with van der Waals surface area (Å²) in [7, 11) is 0. The lowest BCUT2D eigenvalue weighted by molar-refractivity contribution is -0.384. The summed E-state index contributed by atoms with van der Waals surface area (Å²) in [6, 6.07) is 4.14. The minimum Gasteiger partial charge on any atom is -0.398 e. The molecular formula is C13H16N4O3. The van der Waals surface area contributed by atoms with E-state index in [4.69, 9.17) is 10.3 Å². The fourth-order valence-corrected chi connectivity index (χ4v) is 1.75. The number of anilines is 1. The van der Waals surface area contributed by atoms with E-state index in [1.165, 1.54) is 18.2 Å². The van der Waals surface area contributed by atoms with Gasteiger partial charge in [-0.1, -0.05) is 25.9 Å². The summed E-state index contributed by atoms with van der Waals surface area (Å²) in [4.78, 5) is 14.5. The number of aromatic nitrogens is 2. The number of nitro groups is 1. The van der Waals surface area contributed by atoms with Crippen LogP contribution in [0.1, 0.15) is 26.6 Å². The van der Waals surface area contributed by atoms with Gasteiger partial charge in [-0.2, -0.15) is 4.98 Å². The van der Waals surface area contributed by atoms with Gasteiger partial charge in [-0.25, -0.2) is 0 Å². The van der Waals surface area contributed by atoms with Gasteiger partial charge in [-0.05, 0) is 11.5 Å². The van der Waals surface area contributed by atoms with Crippen molar-refractivity contribution in [2.24, 2.45) is 5.41 Å². The Kier molecular flexibility index (Phi) is 3.44. The Morgan fingerprint density at radius 1 is 1.40 bits per heavy atom. The topological polar surface area (TPSA) is 108 Å². The number of rotatable bonds is 3. The van der Waals surface area contributed by atoms with Gasteiger partial charge in [0.15, 0.2) is 5.82 Å². The Balaban J connectivity index is 2.37. The maximum absolute atomic E-state index is 10.8. The number of nitrogens with zero attached hydrogens (tertiary/aromatic N) is 3. The van der Waals surface area contributed by atoms with Gasteiger partial charge in [-0.15, -0.1) is 0 Å². The van der Waals surface area contributed by atoms with E-state index in [0.29, 0.717) is 23.5 Å². The Hall–Kier alpha value is -2.44. The molecule has 0 spiro atoms. The summed E-state index contributed by atoms with van der Waals surface area (Å²) in [5.74, 6) is 0.754. The molecule has 2 aromatic rings. The van der Waals surface area contributed by atoms with Crippen molar-refractivity contribution in [3.63, 3.8) is 0 Å². The first-order valence-electron chi connectivity index (χ1n) is 6.13. The Morgan fingerprint density at radius 3 is 2.70 bits per heavy atom. The van der Waals surface area contributed by atoms with Gasteiger partial charge in [0.05, 0.1) is 10.5 Å². The van der Waals surface area contributed by atoms with E-state index < -0.39 is 4.92 Å². The van der Waals surface area contributed by atoms with E-state index in [1.807, 2.05) is 0 Å². The third kappa shape index (κ3) is 3.11. The molecule has 0 radical (unpaired) electrons. The van der Waals surface area contributed by atoms with Gasteiger partial charge >= 0.3 is 0 Å². The summed E-state index contributed by atoms with van der Waals surface area (Å²) in [6.07, 6.45) is 0.644. The van der Waals surface area contributed by atoms with E-state index in [-0.39, 0.29) is 17.0 Å². The molecule has 0 atom stereocenters. The molecule has 7 heteroatoms. The highest BCUT2D eigenvalue weighted by Gasteiger charge is 2.19. The summed E-state index contributed by atoms with van der Waals surface area (Å²) in [5.41, 5.74) is 6.51. The summed E-state index contributed by atoms with van der Waals surface area (Å²) < 4.78 is 5.15. The maximum atomic E-state index is 10.8. The largest absolute Gasteiger partial charge is 0.398 e. The molecule has 0 bridgehead atoms. The molecule has 0 saturated carbocycles. The highest BCUT2D eigenvalue weighted by Crippen LogP contribution is 2.29. The molecule has 1 heterocycles. The minimum atomic E-state index is -0.491. The monoisotopic (exact) mass is 276 g/mol. The first-order valence-corrected chi connectivity index (χ1v) is 6.13. The Morgan fingerprint density at radius 2 is 2.10 bits per heavy atom. The van der Waals surface area contributed by atoms with Crippen molar-refractivity contribution < 1.29 is 9.45 Å². The van der Waals surface area contributed by atoms with Crippen molar-refractivity contribution in [3.05, 3.63) is 34.1 Å². The van der Waals surface area contributed by atoms with E-state index in [2.05, 4.69) is 30.9 Å². The number of nitrogens with two attached hydrogens (primary N) is 1. The zero-order chi connectivity index (χ0) is 14.9. The molecule has 0 aliphatic heterocycles. The molecule has 7 nitrogen and oxygen atoms in total.